The van der Waals surface area contributed by atoms with Crippen molar-refractivity contribution in [2.24, 2.45) is 0 Å². The van der Waals surface area contributed by atoms with Gasteiger partial charge in [0.25, 0.3) is 0 Å². The van der Waals surface area contributed by atoms with Crippen molar-refractivity contribution in [1.29, 1.82) is 0 Å². The van der Waals surface area contributed by atoms with Crippen LogP contribution in [-0.4, -0.2) is 11.2 Å². The maximum Gasteiger partial charge on any atom is 0.119 e. The van der Waals surface area contributed by atoms with Gasteiger partial charge in [-0.25, -0.2) is 0 Å². The van der Waals surface area contributed by atoms with E-state index in [0.29, 0.717) is 0 Å². The number of rotatable bonds is 20. The van der Waals surface area contributed by atoms with Crippen molar-refractivity contribution in [3.8, 4) is 56.2 Å². The van der Waals surface area contributed by atoms with Crippen LogP contribution in [0.5, 0.6) is 5.75 Å². The summed E-state index contributed by atoms with van der Waals surface area (Å²) < 4.78 is 8.54. The van der Waals surface area contributed by atoms with Crippen LogP contribution in [0.1, 0.15) is 133 Å². The third-order valence-corrected chi connectivity index (χ3v) is 12.5. The summed E-state index contributed by atoms with van der Waals surface area (Å²) in [4.78, 5) is 0. The fourth-order valence-corrected chi connectivity index (χ4v) is 9.29. The number of ether oxygens (including phenoxy) is 1. The molecule has 6 aromatic rings. The molecule has 296 valence electrons. The maximum absolute atomic E-state index is 6.14. The Hall–Kier alpha value is -4.82. The molecule has 0 fully saturated rings. The molecular weight excluding hydrogens is 691 g/mol. The zero-order chi connectivity index (χ0) is 39.6. The Bertz CT molecular complexity index is 2170. The van der Waals surface area contributed by atoms with Gasteiger partial charge >= 0.3 is 0 Å². The molecule has 0 atom stereocenters. The van der Waals surface area contributed by atoms with Crippen molar-refractivity contribution in [2.75, 3.05) is 6.61 Å². The van der Waals surface area contributed by atoms with E-state index in [2.05, 4.69) is 161 Å². The highest BCUT2D eigenvalue weighted by molar-refractivity contribution is 5.85. The first-order chi connectivity index (χ1) is 28.0. The Balaban J connectivity index is 1.22. The lowest BCUT2D eigenvalue weighted by Gasteiger charge is -2.33. The number of fused-ring (bicyclic) bond motifs is 3. The summed E-state index contributed by atoms with van der Waals surface area (Å²) in [5.41, 5.74) is 17.3. The summed E-state index contributed by atoms with van der Waals surface area (Å²) in [5, 5.41) is 0. The number of unbranched alkanes of at least 4 members (excludes halogenated alkanes) is 9. The lowest BCUT2D eigenvalue weighted by atomic mass is 9.70. The molecule has 1 aliphatic rings. The van der Waals surface area contributed by atoms with Crippen molar-refractivity contribution in [3.05, 3.63) is 144 Å². The summed E-state index contributed by atoms with van der Waals surface area (Å²) in [5.74, 6) is 0.934. The molecule has 7 rings (SSSR count). The van der Waals surface area contributed by atoms with Crippen molar-refractivity contribution < 1.29 is 4.74 Å². The molecule has 1 heterocycles. The number of aromatic nitrogens is 1. The lowest BCUT2D eigenvalue weighted by molar-refractivity contribution is 0.305. The van der Waals surface area contributed by atoms with Crippen LogP contribution < -0.4 is 4.74 Å². The molecular formula is C55H65NO. The molecule has 5 aromatic carbocycles. The second-order valence-electron chi connectivity index (χ2n) is 16.8. The summed E-state index contributed by atoms with van der Waals surface area (Å²) in [6.45, 7) is 12.1. The summed E-state index contributed by atoms with van der Waals surface area (Å²) in [6.07, 6.45) is 17.7. The molecule has 0 N–H and O–H groups in total. The third-order valence-electron chi connectivity index (χ3n) is 12.5. The van der Waals surface area contributed by atoms with Gasteiger partial charge in [-0.05, 0) is 120 Å². The highest BCUT2D eigenvalue weighted by atomic mass is 16.5. The topological polar surface area (TPSA) is 14.2 Å². The van der Waals surface area contributed by atoms with Crippen molar-refractivity contribution in [2.45, 2.75) is 130 Å². The van der Waals surface area contributed by atoms with Crippen LogP contribution in [0, 0.1) is 13.8 Å². The van der Waals surface area contributed by atoms with Crippen molar-refractivity contribution in [1.82, 2.24) is 4.57 Å². The molecule has 0 saturated carbocycles. The first-order valence-electron chi connectivity index (χ1n) is 22.3. The largest absolute Gasteiger partial charge is 0.494 e. The van der Waals surface area contributed by atoms with E-state index in [0.717, 1.165) is 24.5 Å². The van der Waals surface area contributed by atoms with E-state index in [4.69, 9.17) is 4.74 Å². The molecule has 0 aliphatic heterocycles. The fourth-order valence-electron chi connectivity index (χ4n) is 9.29. The van der Waals surface area contributed by atoms with Crippen molar-refractivity contribution in [3.63, 3.8) is 0 Å². The predicted octanol–water partition coefficient (Wildman–Crippen LogP) is 16.3. The Morgan fingerprint density at radius 2 is 0.930 bits per heavy atom. The number of hydrogen-bond acceptors (Lipinski definition) is 1. The Labute approximate surface area is 344 Å². The Morgan fingerprint density at radius 3 is 1.53 bits per heavy atom. The highest BCUT2D eigenvalue weighted by Crippen LogP contribution is 2.55. The molecule has 1 aliphatic carbocycles. The minimum absolute atomic E-state index is 0.0803. The smallest absolute Gasteiger partial charge is 0.119 e. The predicted molar refractivity (Wildman–Crippen MR) is 245 cm³/mol. The molecule has 0 bridgehead atoms. The molecule has 0 saturated heterocycles. The quantitative estimate of drug-likeness (QED) is 0.0708. The van der Waals surface area contributed by atoms with Crippen LogP contribution in [0.4, 0.5) is 0 Å². The SMILES string of the molecule is CCCCCCOc1ccc(-n2c(-c3ccc(C)cc3)ccc2-c2ccc(-c3ccc4c(c3)C(CCCCCC)(CCCCCC)c3cc(C)ccc3-4)cc2)cc1. The zero-order valence-electron chi connectivity index (χ0n) is 35.5. The van der Waals surface area contributed by atoms with Crippen LogP contribution in [0.3, 0.4) is 0 Å². The van der Waals surface area contributed by atoms with E-state index < -0.39 is 0 Å². The van der Waals surface area contributed by atoms with Gasteiger partial charge in [0.2, 0.25) is 0 Å². The normalized spacial score (nSPS) is 12.8. The van der Waals surface area contributed by atoms with Gasteiger partial charge in [-0.3, -0.25) is 0 Å². The third kappa shape index (κ3) is 9.02. The molecule has 2 heteroatoms. The van der Waals surface area contributed by atoms with Gasteiger partial charge in [-0.2, -0.15) is 0 Å². The fraction of sp³-hybridized carbons (Fsp3) is 0.382. The van der Waals surface area contributed by atoms with Crippen LogP contribution in [-0.2, 0) is 5.41 Å². The van der Waals surface area contributed by atoms with Crippen molar-refractivity contribution >= 4 is 0 Å². The number of hydrogen-bond donors (Lipinski definition) is 0. The highest BCUT2D eigenvalue weighted by Gasteiger charge is 2.42. The van der Waals surface area contributed by atoms with Gasteiger partial charge in [-0.1, -0.05) is 181 Å². The molecule has 0 radical (unpaired) electrons. The molecule has 1 aromatic heterocycles. The van der Waals surface area contributed by atoms with Gasteiger partial charge in [0, 0.05) is 11.1 Å². The summed E-state index contributed by atoms with van der Waals surface area (Å²) in [6, 6.07) is 46.1. The minimum Gasteiger partial charge on any atom is -0.494 e. The number of benzene rings is 5. The average molecular weight is 756 g/mol. The standard InChI is InChI=1S/C55H65NO/c1-6-9-12-15-36-55(37-16-13-10-7-2)51-39-42(5)20-32-49(51)50-33-27-46(40-52(50)55)43-23-25-45(26-24-43)54-35-34-53(44-21-18-41(4)19-22-44)56(54)47-28-30-48(31-29-47)57-38-17-14-11-8-3/h18-35,39-40H,6-17,36-38H2,1-5H3. The lowest BCUT2D eigenvalue weighted by Crippen LogP contribution is -2.25. The molecule has 0 unspecified atom stereocenters. The first-order valence-corrected chi connectivity index (χ1v) is 22.3. The zero-order valence-corrected chi connectivity index (χ0v) is 35.5. The van der Waals surface area contributed by atoms with Crippen LogP contribution in [0.25, 0.3) is 50.5 Å². The first kappa shape index (κ1) is 40.4. The van der Waals surface area contributed by atoms with Gasteiger partial charge in [-0.15, -0.1) is 0 Å². The van der Waals surface area contributed by atoms with Gasteiger partial charge < -0.3 is 9.30 Å². The number of aryl methyl sites for hydroxylation is 2. The van der Waals surface area contributed by atoms with Crippen LogP contribution in [0.2, 0.25) is 0 Å². The van der Waals surface area contributed by atoms with Gasteiger partial charge in [0.15, 0.2) is 0 Å². The Morgan fingerprint density at radius 1 is 0.439 bits per heavy atom. The van der Waals surface area contributed by atoms with E-state index in [-0.39, 0.29) is 5.41 Å². The molecule has 2 nitrogen and oxygen atoms in total. The van der Waals surface area contributed by atoms with E-state index in [1.165, 1.54) is 139 Å². The summed E-state index contributed by atoms with van der Waals surface area (Å²) >= 11 is 0. The second kappa shape index (κ2) is 19.1. The van der Waals surface area contributed by atoms with E-state index in [9.17, 15) is 0 Å². The van der Waals surface area contributed by atoms with E-state index in [1.807, 2.05) is 0 Å². The number of nitrogens with zero attached hydrogens (tertiary/aromatic N) is 1. The van der Waals surface area contributed by atoms with Crippen LogP contribution in [0.15, 0.2) is 121 Å². The Kier molecular flexibility index (Phi) is 13.5. The summed E-state index contributed by atoms with van der Waals surface area (Å²) in [7, 11) is 0. The van der Waals surface area contributed by atoms with E-state index in [1.54, 1.807) is 11.1 Å². The van der Waals surface area contributed by atoms with Crippen LogP contribution >= 0.6 is 0 Å². The minimum atomic E-state index is 0.0803. The van der Waals surface area contributed by atoms with E-state index >= 15 is 0 Å². The molecule has 57 heavy (non-hydrogen) atoms. The maximum atomic E-state index is 6.14. The molecule has 0 amide bonds. The second-order valence-corrected chi connectivity index (χ2v) is 16.8. The van der Waals surface area contributed by atoms with Gasteiger partial charge in [0.1, 0.15) is 5.75 Å². The van der Waals surface area contributed by atoms with Gasteiger partial charge in [0.05, 0.1) is 18.0 Å². The monoisotopic (exact) mass is 756 g/mol. The molecule has 0 spiro atoms. The average Bonchev–Trinajstić information content (AvgIpc) is 3.79.